The molecule has 1 fully saturated rings. The van der Waals surface area contributed by atoms with Crippen LogP contribution in [0.5, 0.6) is 0 Å². The van der Waals surface area contributed by atoms with E-state index in [2.05, 4.69) is 17.4 Å². The van der Waals surface area contributed by atoms with Crippen LogP contribution >= 0.6 is 0 Å². The van der Waals surface area contributed by atoms with Crippen molar-refractivity contribution in [1.82, 2.24) is 10.2 Å². The molecule has 0 saturated carbocycles. The number of carbonyl (C=O) groups excluding carboxylic acids is 2. The molecule has 2 aromatic rings. The average molecular weight is 336 g/mol. The standard InChI is InChI=1S/C21H24N2O2/c1-16-7-5-6-10-18(16)14-22-21(25)19-13-20(24)23(15-19)12-11-17-8-3-2-4-9-17/h2-10,19H,11-15H2,1H3,(H,22,25). The molecule has 0 radical (unpaired) electrons. The van der Waals surface area contributed by atoms with Gasteiger partial charge in [0.25, 0.3) is 0 Å². The summed E-state index contributed by atoms with van der Waals surface area (Å²) in [7, 11) is 0. The first-order valence-corrected chi connectivity index (χ1v) is 8.77. The summed E-state index contributed by atoms with van der Waals surface area (Å²) >= 11 is 0. The molecule has 1 saturated heterocycles. The third-order valence-corrected chi connectivity index (χ3v) is 4.81. The van der Waals surface area contributed by atoms with Gasteiger partial charge in [0.15, 0.2) is 0 Å². The lowest BCUT2D eigenvalue weighted by Crippen LogP contribution is -2.33. The Kier molecular flexibility index (Phi) is 5.49. The molecule has 0 aromatic heterocycles. The zero-order valence-electron chi connectivity index (χ0n) is 14.6. The van der Waals surface area contributed by atoms with Gasteiger partial charge in [0, 0.05) is 26.1 Å². The molecule has 0 aliphatic carbocycles. The maximum absolute atomic E-state index is 12.4. The highest BCUT2D eigenvalue weighted by Crippen LogP contribution is 2.19. The van der Waals surface area contributed by atoms with Crippen LogP contribution < -0.4 is 5.32 Å². The first kappa shape index (κ1) is 17.2. The van der Waals surface area contributed by atoms with Crippen LogP contribution in [0.2, 0.25) is 0 Å². The molecule has 2 amide bonds. The summed E-state index contributed by atoms with van der Waals surface area (Å²) in [5, 5.41) is 2.98. The van der Waals surface area contributed by atoms with Crippen molar-refractivity contribution in [3.05, 3.63) is 71.3 Å². The van der Waals surface area contributed by atoms with Crippen molar-refractivity contribution < 1.29 is 9.59 Å². The van der Waals surface area contributed by atoms with E-state index in [-0.39, 0.29) is 17.7 Å². The number of nitrogens with one attached hydrogen (secondary N) is 1. The largest absolute Gasteiger partial charge is 0.352 e. The quantitative estimate of drug-likeness (QED) is 0.882. The van der Waals surface area contributed by atoms with Crippen LogP contribution in [0.3, 0.4) is 0 Å². The number of amides is 2. The summed E-state index contributed by atoms with van der Waals surface area (Å²) in [5.41, 5.74) is 3.48. The van der Waals surface area contributed by atoms with E-state index < -0.39 is 0 Å². The third-order valence-electron chi connectivity index (χ3n) is 4.81. The van der Waals surface area contributed by atoms with Crippen molar-refractivity contribution in [1.29, 1.82) is 0 Å². The topological polar surface area (TPSA) is 49.4 Å². The van der Waals surface area contributed by atoms with Gasteiger partial charge in [0.1, 0.15) is 0 Å². The van der Waals surface area contributed by atoms with Crippen molar-refractivity contribution in [2.75, 3.05) is 13.1 Å². The van der Waals surface area contributed by atoms with Crippen molar-refractivity contribution in [3.8, 4) is 0 Å². The molecule has 1 aliphatic rings. The van der Waals surface area contributed by atoms with E-state index in [1.807, 2.05) is 54.3 Å². The smallest absolute Gasteiger partial charge is 0.225 e. The Bertz CT molecular complexity index is 743. The fourth-order valence-corrected chi connectivity index (χ4v) is 3.21. The Labute approximate surface area is 148 Å². The molecule has 130 valence electrons. The fraction of sp³-hybridized carbons (Fsp3) is 0.333. The average Bonchev–Trinajstić information content (AvgIpc) is 3.01. The second-order valence-electron chi connectivity index (χ2n) is 6.62. The van der Waals surface area contributed by atoms with Gasteiger partial charge in [-0.3, -0.25) is 9.59 Å². The molecule has 3 rings (SSSR count). The van der Waals surface area contributed by atoms with E-state index in [4.69, 9.17) is 0 Å². The Balaban J connectivity index is 1.49. The van der Waals surface area contributed by atoms with Crippen LogP contribution in [0.4, 0.5) is 0 Å². The summed E-state index contributed by atoms with van der Waals surface area (Å²) < 4.78 is 0. The van der Waals surface area contributed by atoms with Crippen LogP contribution in [0.15, 0.2) is 54.6 Å². The summed E-state index contributed by atoms with van der Waals surface area (Å²) in [6.45, 7) is 3.74. The predicted molar refractivity (Wildman–Crippen MR) is 97.9 cm³/mol. The number of benzene rings is 2. The molecular formula is C21H24N2O2. The normalized spacial score (nSPS) is 16.9. The van der Waals surface area contributed by atoms with Crippen molar-refractivity contribution in [3.63, 3.8) is 0 Å². The van der Waals surface area contributed by atoms with Crippen LogP contribution in [0.1, 0.15) is 23.1 Å². The zero-order valence-corrected chi connectivity index (χ0v) is 14.6. The first-order chi connectivity index (χ1) is 12.1. The highest BCUT2D eigenvalue weighted by molar-refractivity contribution is 5.89. The zero-order chi connectivity index (χ0) is 17.6. The van der Waals surface area contributed by atoms with Gasteiger partial charge in [0.2, 0.25) is 11.8 Å². The lowest BCUT2D eigenvalue weighted by atomic mass is 10.1. The molecule has 0 spiro atoms. The van der Waals surface area contributed by atoms with Crippen LogP contribution in [-0.4, -0.2) is 29.8 Å². The van der Waals surface area contributed by atoms with E-state index >= 15 is 0 Å². The van der Waals surface area contributed by atoms with Crippen molar-refractivity contribution in [2.45, 2.75) is 26.3 Å². The Morgan fingerprint density at radius 2 is 1.84 bits per heavy atom. The second kappa shape index (κ2) is 7.97. The van der Waals surface area contributed by atoms with E-state index in [1.165, 1.54) is 5.56 Å². The van der Waals surface area contributed by atoms with Gasteiger partial charge in [-0.1, -0.05) is 54.6 Å². The number of likely N-dealkylation sites (tertiary alicyclic amines) is 1. The van der Waals surface area contributed by atoms with E-state index in [1.54, 1.807) is 0 Å². The number of carbonyl (C=O) groups is 2. The number of rotatable bonds is 6. The molecule has 1 atom stereocenters. The Morgan fingerprint density at radius 1 is 1.12 bits per heavy atom. The van der Waals surface area contributed by atoms with Crippen LogP contribution in [0, 0.1) is 12.8 Å². The molecule has 1 N–H and O–H groups in total. The number of hydrogen-bond donors (Lipinski definition) is 1. The maximum atomic E-state index is 12.4. The molecule has 4 heteroatoms. The summed E-state index contributed by atoms with van der Waals surface area (Å²) in [6, 6.07) is 18.1. The van der Waals surface area contributed by atoms with Crippen LogP contribution in [0.25, 0.3) is 0 Å². The van der Waals surface area contributed by atoms with E-state index in [0.29, 0.717) is 26.1 Å². The molecule has 4 nitrogen and oxygen atoms in total. The van der Waals surface area contributed by atoms with Gasteiger partial charge in [-0.25, -0.2) is 0 Å². The molecule has 0 bridgehead atoms. The Morgan fingerprint density at radius 3 is 2.60 bits per heavy atom. The van der Waals surface area contributed by atoms with Gasteiger partial charge in [0.05, 0.1) is 5.92 Å². The molecule has 1 heterocycles. The monoisotopic (exact) mass is 336 g/mol. The van der Waals surface area contributed by atoms with E-state index in [0.717, 1.165) is 17.5 Å². The SMILES string of the molecule is Cc1ccccc1CNC(=O)C1CC(=O)N(CCc2ccccc2)C1. The number of hydrogen-bond acceptors (Lipinski definition) is 2. The van der Waals surface area contributed by atoms with Gasteiger partial charge in [-0.15, -0.1) is 0 Å². The Hall–Kier alpha value is -2.62. The minimum atomic E-state index is -0.243. The summed E-state index contributed by atoms with van der Waals surface area (Å²) in [6.07, 6.45) is 1.14. The summed E-state index contributed by atoms with van der Waals surface area (Å²) in [4.78, 5) is 26.4. The highest BCUT2D eigenvalue weighted by atomic mass is 16.2. The maximum Gasteiger partial charge on any atom is 0.225 e. The van der Waals surface area contributed by atoms with Crippen molar-refractivity contribution >= 4 is 11.8 Å². The van der Waals surface area contributed by atoms with Gasteiger partial charge < -0.3 is 10.2 Å². The van der Waals surface area contributed by atoms with Gasteiger partial charge >= 0.3 is 0 Å². The van der Waals surface area contributed by atoms with Gasteiger partial charge in [-0.2, -0.15) is 0 Å². The molecule has 25 heavy (non-hydrogen) atoms. The van der Waals surface area contributed by atoms with Crippen LogP contribution in [-0.2, 0) is 22.6 Å². The van der Waals surface area contributed by atoms with Gasteiger partial charge in [-0.05, 0) is 30.0 Å². The number of nitrogens with zero attached hydrogens (tertiary/aromatic N) is 1. The molecule has 1 unspecified atom stereocenters. The lowest BCUT2D eigenvalue weighted by Gasteiger charge is -2.16. The fourth-order valence-electron chi connectivity index (χ4n) is 3.21. The minimum Gasteiger partial charge on any atom is -0.352 e. The third kappa shape index (κ3) is 4.47. The van der Waals surface area contributed by atoms with Crippen molar-refractivity contribution in [2.24, 2.45) is 5.92 Å². The summed E-state index contributed by atoms with van der Waals surface area (Å²) in [5.74, 6) is -0.196. The number of aryl methyl sites for hydroxylation is 1. The lowest BCUT2D eigenvalue weighted by molar-refractivity contribution is -0.129. The first-order valence-electron chi connectivity index (χ1n) is 8.77. The predicted octanol–water partition coefficient (Wildman–Crippen LogP) is 2.70. The second-order valence-corrected chi connectivity index (χ2v) is 6.62. The minimum absolute atomic E-state index is 0.0289. The van der Waals surface area contributed by atoms with E-state index in [9.17, 15) is 9.59 Å². The molecule has 2 aromatic carbocycles. The molecular weight excluding hydrogens is 312 g/mol. The highest BCUT2D eigenvalue weighted by Gasteiger charge is 2.33. The molecule has 1 aliphatic heterocycles.